The van der Waals surface area contributed by atoms with Crippen molar-refractivity contribution in [3.8, 4) is 0 Å². The van der Waals surface area contributed by atoms with Gasteiger partial charge in [0.1, 0.15) is 5.60 Å². The lowest BCUT2D eigenvalue weighted by Crippen LogP contribution is -2.47. The minimum atomic E-state index is -1.28. The highest BCUT2D eigenvalue weighted by molar-refractivity contribution is 8.02. The fourth-order valence-corrected chi connectivity index (χ4v) is 2.62. The van der Waals surface area contributed by atoms with Crippen LogP contribution in [0, 0.1) is 0 Å². The Morgan fingerprint density at radius 1 is 1.41 bits per heavy atom. The average Bonchev–Trinajstić information content (AvgIpc) is 2.69. The molecule has 0 aliphatic carbocycles. The molecule has 1 unspecified atom stereocenters. The first-order valence-corrected chi connectivity index (χ1v) is 7.60. The molecule has 0 fully saturated rings. The summed E-state index contributed by atoms with van der Waals surface area (Å²) in [6.45, 7) is 6.98. The van der Waals surface area contributed by atoms with Crippen LogP contribution in [0.15, 0.2) is 11.1 Å². The van der Waals surface area contributed by atoms with Crippen molar-refractivity contribution in [2.45, 2.75) is 45.2 Å². The van der Waals surface area contributed by atoms with Crippen LogP contribution in [0.2, 0.25) is 0 Å². The number of nitrogens with zero attached hydrogens (tertiary/aromatic N) is 1. The summed E-state index contributed by atoms with van der Waals surface area (Å²) >= 11 is 1.06. The van der Waals surface area contributed by atoms with Crippen LogP contribution in [0.3, 0.4) is 0 Å². The highest BCUT2D eigenvalue weighted by Crippen LogP contribution is 2.31. The van der Waals surface area contributed by atoms with Crippen molar-refractivity contribution in [1.82, 2.24) is 10.2 Å². The van der Waals surface area contributed by atoms with Crippen molar-refractivity contribution in [2.75, 3.05) is 6.61 Å². The Morgan fingerprint density at radius 2 is 2.05 bits per heavy atom. The Balaban J connectivity index is 2.69. The second kappa shape index (κ2) is 7.39. The smallest absolute Gasteiger partial charge is 0.414 e. The van der Waals surface area contributed by atoms with E-state index in [9.17, 15) is 19.5 Å². The van der Waals surface area contributed by atoms with Crippen molar-refractivity contribution >= 4 is 29.9 Å². The third kappa shape index (κ3) is 5.47. The number of hydrogen-bond acceptors (Lipinski definition) is 6. The summed E-state index contributed by atoms with van der Waals surface area (Å²) in [5, 5.41) is 13.2. The largest absolute Gasteiger partial charge is 0.466 e. The van der Waals surface area contributed by atoms with Gasteiger partial charge in [0.15, 0.2) is 5.50 Å². The minimum absolute atomic E-state index is 0.181. The fraction of sp³-hybridized carbons (Fsp3) is 0.615. The maximum atomic E-state index is 11.7. The van der Waals surface area contributed by atoms with Gasteiger partial charge in [0.05, 0.1) is 13.0 Å². The van der Waals surface area contributed by atoms with Gasteiger partial charge < -0.3 is 14.6 Å². The van der Waals surface area contributed by atoms with Crippen LogP contribution in [-0.4, -0.2) is 45.9 Å². The molecule has 1 atom stereocenters. The molecule has 2 amide bonds. The van der Waals surface area contributed by atoms with Gasteiger partial charge in [0, 0.05) is 5.70 Å². The quantitative estimate of drug-likeness (QED) is 0.761. The number of hydrogen-bond donors (Lipinski definition) is 2. The number of amides is 2. The molecule has 0 saturated carbocycles. The molecule has 0 spiro atoms. The van der Waals surface area contributed by atoms with E-state index in [1.165, 1.54) is 5.41 Å². The normalized spacial score (nSPS) is 17.7. The molecule has 1 aliphatic rings. The zero-order chi connectivity index (χ0) is 16.9. The highest BCUT2D eigenvalue weighted by atomic mass is 32.2. The molecule has 2 N–H and O–H groups in total. The van der Waals surface area contributed by atoms with Gasteiger partial charge in [-0.1, -0.05) is 11.8 Å². The Morgan fingerprint density at radius 3 is 2.55 bits per heavy atom. The molecule has 0 aromatic heterocycles. The van der Waals surface area contributed by atoms with Crippen LogP contribution in [-0.2, 0) is 14.3 Å². The van der Waals surface area contributed by atoms with E-state index in [4.69, 9.17) is 9.47 Å². The topological polar surface area (TPSA) is 105 Å². The van der Waals surface area contributed by atoms with Crippen LogP contribution in [0.4, 0.5) is 9.59 Å². The molecule has 1 rings (SSSR count). The van der Waals surface area contributed by atoms with E-state index in [0.29, 0.717) is 0 Å². The standard InChI is InChI=1S/C13H20N2O6S/c1-5-20-9(16)6-8-7-22-10(15(8)12(18)19)14-11(17)21-13(2,3)4/h7,10H,5-6H2,1-4H3,(H,14,17)(H,18,19). The van der Waals surface area contributed by atoms with E-state index in [1.54, 1.807) is 27.7 Å². The van der Waals surface area contributed by atoms with Crippen LogP contribution in [0.1, 0.15) is 34.1 Å². The van der Waals surface area contributed by atoms with E-state index in [0.717, 1.165) is 16.7 Å². The van der Waals surface area contributed by atoms with E-state index in [2.05, 4.69) is 5.32 Å². The van der Waals surface area contributed by atoms with E-state index in [1.807, 2.05) is 0 Å². The van der Waals surface area contributed by atoms with E-state index >= 15 is 0 Å². The van der Waals surface area contributed by atoms with Gasteiger partial charge in [0.2, 0.25) is 0 Å². The molecule has 0 aromatic rings. The summed E-state index contributed by atoms with van der Waals surface area (Å²) in [6.07, 6.45) is -2.19. The molecule has 0 aromatic carbocycles. The monoisotopic (exact) mass is 332 g/mol. The van der Waals surface area contributed by atoms with Gasteiger partial charge in [-0.3, -0.25) is 10.1 Å². The molecule has 1 aliphatic heterocycles. The number of carboxylic acid groups (broad SMARTS) is 1. The highest BCUT2D eigenvalue weighted by Gasteiger charge is 2.35. The number of rotatable bonds is 4. The molecule has 0 radical (unpaired) electrons. The lowest BCUT2D eigenvalue weighted by Gasteiger charge is -2.26. The first kappa shape index (κ1) is 18.1. The lowest BCUT2D eigenvalue weighted by molar-refractivity contribution is -0.142. The van der Waals surface area contributed by atoms with Crippen LogP contribution in [0.5, 0.6) is 0 Å². The van der Waals surface area contributed by atoms with Crippen LogP contribution in [0.25, 0.3) is 0 Å². The third-order valence-corrected chi connectivity index (χ3v) is 3.35. The van der Waals surface area contributed by atoms with Crippen LogP contribution < -0.4 is 5.32 Å². The minimum Gasteiger partial charge on any atom is -0.466 e. The summed E-state index contributed by atoms with van der Waals surface area (Å²) in [5.41, 5.74) is -1.32. The van der Waals surface area contributed by atoms with Gasteiger partial charge in [-0.25, -0.2) is 14.5 Å². The Bertz CT molecular complexity index is 485. The Kier molecular flexibility index (Phi) is 6.10. The lowest BCUT2D eigenvalue weighted by atomic mass is 10.2. The summed E-state index contributed by atoms with van der Waals surface area (Å²) in [4.78, 5) is 35.5. The number of ether oxygens (including phenoxy) is 2. The molecule has 0 saturated heterocycles. The number of esters is 1. The Labute approximate surface area is 132 Å². The van der Waals surface area contributed by atoms with Gasteiger partial charge in [-0.15, -0.1) is 0 Å². The molecule has 124 valence electrons. The second-order valence-corrected chi connectivity index (χ2v) is 6.33. The Hall–Kier alpha value is -1.90. The number of carbonyl (C=O) groups excluding carboxylic acids is 2. The molecule has 0 bridgehead atoms. The number of carbonyl (C=O) groups is 3. The summed E-state index contributed by atoms with van der Waals surface area (Å²) in [5.74, 6) is -0.529. The predicted octanol–water partition coefficient (Wildman–Crippen LogP) is 2.32. The maximum absolute atomic E-state index is 11.7. The summed E-state index contributed by atoms with van der Waals surface area (Å²) in [7, 11) is 0. The van der Waals surface area contributed by atoms with Crippen molar-refractivity contribution < 1.29 is 29.0 Å². The van der Waals surface area contributed by atoms with Gasteiger partial charge in [-0.05, 0) is 33.1 Å². The molecule has 22 heavy (non-hydrogen) atoms. The number of thioether (sulfide) groups is 1. The van der Waals surface area contributed by atoms with Crippen molar-refractivity contribution in [3.63, 3.8) is 0 Å². The SMILES string of the molecule is CCOC(=O)CC1=CSC(NC(=O)OC(C)(C)C)N1C(=O)O. The number of alkyl carbamates (subject to hydrolysis) is 1. The fourth-order valence-electron chi connectivity index (χ4n) is 1.63. The second-order valence-electron chi connectivity index (χ2n) is 5.38. The molecule has 1 heterocycles. The maximum Gasteiger partial charge on any atom is 0.414 e. The first-order chi connectivity index (χ1) is 10.1. The van der Waals surface area contributed by atoms with Crippen molar-refractivity contribution in [3.05, 3.63) is 11.1 Å². The third-order valence-electron chi connectivity index (χ3n) is 2.35. The van der Waals surface area contributed by atoms with Gasteiger partial charge in [0.25, 0.3) is 0 Å². The molecular formula is C13H20N2O6S. The molecule has 9 heteroatoms. The molecule has 8 nitrogen and oxygen atoms in total. The van der Waals surface area contributed by atoms with Gasteiger partial charge >= 0.3 is 18.2 Å². The van der Waals surface area contributed by atoms with E-state index < -0.39 is 29.3 Å². The molecular weight excluding hydrogens is 312 g/mol. The van der Waals surface area contributed by atoms with Crippen molar-refractivity contribution in [1.29, 1.82) is 0 Å². The zero-order valence-corrected chi connectivity index (χ0v) is 13.7. The summed E-state index contributed by atoms with van der Waals surface area (Å²) < 4.78 is 9.88. The van der Waals surface area contributed by atoms with Gasteiger partial charge in [-0.2, -0.15) is 0 Å². The van der Waals surface area contributed by atoms with Crippen molar-refractivity contribution in [2.24, 2.45) is 0 Å². The van der Waals surface area contributed by atoms with E-state index in [-0.39, 0.29) is 18.7 Å². The average molecular weight is 332 g/mol. The predicted molar refractivity (Wildman–Crippen MR) is 79.9 cm³/mol. The number of nitrogens with one attached hydrogen (secondary N) is 1. The summed E-state index contributed by atoms with van der Waals surface area (Å²) in [6, 6.07) is 0. The van der Waals surface area contributed by atoms with Crippen LogP contribution >= 0.6 is 11.8 Å². The first-order valence-electron chi connectivity index (χ1n) is 6.66. The zero-order valence-electron chi connectivity index (χ0n) is 12.9.